The Bertz CT molecular complexity index is 1010. The van der Waals surface area contributed by atoms with Crippen LogP contribution in [0.5, 0.6) is 11.5 Å². The Balaban J connectivity index is 1.62. The van der Waals surface area contributed by atoms with Gasteiger partial charge < -0.3 is 9.47 Å². The Hall–Kier alpha value is -2.60. The average Bonchev–Trinajstić information content (AvgIpc) is 3.16. The van der Waals surface area contributed by atoms with E-state index in [0.717, 1.165) is 39.8 Å². The molecule has 0 saturated carbocycles. The molecule has 5 nitrogen and oxygen atoms in total. The number of hydrogen-bond acceptors (Lipinski definition) is 4. The molecule has 2 aromatic carbocycles. The molecule has 0 saturated heterocycles. The average molecular weight is 440 g/mol. The SMILES string of the molecule is O=C1CCCC2=C1C(c1ccc3c(c1)OCO3)CC(=O)N2c1ccc(Br)cc1. The summed E-state index contributed by atoms with van der Waals surface area (Å²) in [6, 6.07) is 13.3. The molecular formula is C22H18BrNO4. The zero-order chi connectivity index (χ0) is 19.3. The molecule has 2 heterocycles. The van der Waals surface area contributed by atoms with Gasteiger partial charge in [-0.2, -0.15) is 0 Å². The molecule has 0 aromatic heterocycles. The fourth-order valence-corrected chi connectivity index (χ4v) is 4.56. The Morgan fingerprint density at radius 1 is 0.964 bits per heavy atom. The van der Waals surface area contributed by atoms with Crippen molar-refractivity contribution in [1.82, 2.24) is 0 Å². The molecule has 5 rings (SSSR count). The molecule has 1 aliphatic carbocycles. The van der Waals surface area contributed by atoms with E-state index >= 15 is 0 Å². The van der Waals surface area contributed by atoms with Crippen molar-refractivity contribution in [3.63, 3.8) is 0 Å². The van der Waals surface area contributed by atoms with Gasteiger partial charge >= 0.3 is 0 Å². The van der Waals surface area contributed by atoms with Gasteiger partial charge in [0.05, 0.1) is 0 Å². The summed E-state index contributed by atoms with van der Waals surface area (Å²) < 4.78 is 11.8. The van der Waals surface area contributed by atoms with E-state index in [1.165, 1.54) is 0 Å². The van der Waals surface area contributed by atoms with Crippen LogP contribution in [0.25, 0.3) is 0 Å². The molecule has 142 valence electrons. The monoisotopic (exact) mass is 439 g/mol. The first kappa shape index (κ1) is 17.5. The van der Waals surface area contributed by atoms with Crippen LogP contribution in [-0.4, -0.2) is 18.5 Å². The highest BCUT2D eigenvalue weighted by molar-refractivity contribution is 9.10. The molecule has 0 spiro atoms. The lowest BCUT2D eigenvalue weighted by Crippen LogP contribution is -2.40. The number of ether oxygens (including phenoxy) is 2. The zero-order valence-electron chi connectivity index (χ0n) is 15.1. The van der Waals surface area contributed by atoms with E-state index in [1.54, 1.807) is 4.90 Å². The molecule has 6 heteroatoms. The predicted molar refractivity (Wildman–Crippen MR) is 107 cm³/mol. The van der Waals surface area contributed by atoms with Gasteiger partial charge in [0.15, 0.2) is 17.3 Å². The van der Waals surface area contributed by atoms with Crippen molar-refractivity contribution >= 4 is 33.3 Å². The summed E-state index contributed by atoms with van der Waals surface area (Å²) >= 11 is 3.44. The summed E-state index contributed by atoms with van der Waals surface area (Å²) in [5.74, 6) is 1.28. The summed E-state index contributed by atoms with van der Waals surface area (Å²) in [6.45, 7) is 0.201. The van der Waals surface area contributed by atoms with E-state index in [4.69, 9.17) is 9.47 Å². The van der Waals surface area contributed by atoms with Crippen LogP contribution in [0, 0.1) is 0 Å². The summed E-state index contributed by atoms with van der Waals surface area (Å²) in [7, 11) is 0. The summed E-state index contributed by atoms with van der Waals surface area (Å²) in [4.78, 5) is 27.8. The number of Topliss-reactive ketones (excluding diaryl/α,β-unsaturated/α-hetero) is 1. The number of allylic oxidation sites excluding steroid dienone is 2. The summed E-state index contributed by atoms with van der Waals surface area (Å²) in [5.41, 5.74) is 3.35. The standard InChI is InChI=1S/C22H18BrNO4/c23-14-5-7-15(8-6-14)24-17-2-1-3-18(25)22(17)16(11-21(24)26)13-4-9-19-20(10-13)28-12-27-19/h4-10,16H,1-3,11-12H2. The van der Waals surface area contributed by atoms with E-state index < -0.39 is 0 Å². The predicted octanol–water partition coefficient (Wildman–Crippen LogP) is 4.71. The van der Waals surface area contributed by atoms with Gasteiger partial charge in [0.25, 0.3) is 0 Å². The van der Waals surface area contributed by atoms with Crippen molar-refractivity contribution in [3.05, 3.63) is 63.8 Å². The van der Waals surface area contributed by atoms with Crippen LogP contribution < -0.4 is 14.4 Å². The van der Waals surface area contributed by atoms with Gasteiger partial charge in [-0.1, -0.05) is 22.0 Å². The number of rotatable bonds is 2. The maximum atomic E-state index is 13.2. The van der Waals surface area contributed by atoms with Gasteiger partial charge in [-0.05, 0) is 54.8 Å². The first-order chi connectivity index (χ1) is 13.6. The van der Waals surface area contributed by atoms with Gasteiger partial charge in [0.1, 0.15) is 0 Å². The van der Waals surface area contributed by atoms with Crippen molar-refractivity contribution in [2.24, 2.45) is 0 Å². The van der Waals surface area contributed by atoms with Crippen LogP contribution in [0.4, 0.5) is 5.69 Å². The van der Waals surface area contributed by atoms with Crippen LogP contribution >= 0.6 is 15.9 Å². The zero-order valence-corrected chi connectivity index (χ0v) is 16.7. The van der Waals surface area contributed by atoms with Crippen molar-refractivity contribution in [2.45, 2.75) is 31.6 Å². The lowest BCUT2D eigenvalue weighted by Gasteiger charge is -2.38. The van der Waals surface area contributed by atoms with Crippen molar-refractivity contribution < 1.29 is 19.1 Å². The molecule has 2 aromatic rings. The third-order valence-electron chi connectivity index (χ3n) is 5.56. The topological polar surface area (TPSA) is 55.8 Å². The second-order valence-electron chi connectivity index (χ2n) is 7.21. The number of ketones is 1. The van der Waals surface area contributed by atoms with Gasteiger partial charge in [0, 0.05) is 40.2 Å². The molecule has 28 heavy (non-hydrogen) atoms. The maximum absolute atomic E-state index is 13.2. The minimum Gasteiger partial charge on any atom is -0.454 e. The number of nitrogens with zero attached hydrogens (tertiary/aromatic N) is 1. The number of halogens is 1. The Morgan fingerprint density at radius 3 is 2.57 bits per heavy atom. The van der Waals surface area contributed by atoms with Crippen LogP contribution in [0.15, 0.2) is 58.2 Å². The highest BCUT2D eigenvalue weighted by Gasteiger charge is 2.40. The van der Waals surface area contributed by atoms with Crippen LogP contribution in [0.3, 0.4) is 0 Å². The molecule has 1 amide bonds. The van der Waals surface area contributed by atoms with E-state index in [2.05, 4.69) is 15.9 Å². The lowest BCUT2D eigenvalue weighted by molar-refractivity contribution is -0.119. The molecule has 1 unspecified atom stereocenters. The largest absolute Gasteiger partial charge is 0.454 e. The fourth-order valence-electron chi connectivity index (χ4n) is 4.30. The number of hydrogen-bond donors (Lipinski definition) is 0. The van der Waals surface area contributed by atoms with Gasteiger partial charge in [-0.25, -0.2) is 0 Å². The molecule has 1 atom stereocenters. The first-order valence-electron chi connectivity index (χ1n) is 9.36. The van der Waals surface area contributed by atoms with Crippen molar-refractivity contribution in [1.29, 1.82) is 0 Å². The second kappa shape index (κ2) is 6.78. The molecular weight excluding hydrogens is 422 g/mol. The van der Waals surface area contributed by atoms with Crippen molar-refractivity contribution in [3.8, 4) is 11.5 Å². The first-order valence-corrected chi connectivity index (χ1v) is 10.2. The summed E-state index contributed by atoms with van der Waals surface area (Å²) in [5, 5.41) is 0. The molecule has 0 fully saturated rings. The number of amides is 1. The molecule has 0 radical (unpaired) electrons. The minimum atomic E-state index is -0.239. The number of anilines is 1. The summed E-state index contributed by atoms with van der Waals surface area (Å²) in [6.07, 6.45) is 2.29. The van der Waals surface area contributed by atoms with E-state index in [1.807, 2.05) is 42.5 Å². The van der Waals surface area contributed by atoms with E-state index in [0.29, 0.717) is 17.9 Å². The number of carbonyl (C=O) groups is 2. The normalized spacial score (nSPS) is 21.2. The van der Waals surface area contributed by atoms with Crippen molar-refractivity contribution in [2.75, 3.05) is 11.7 Å². The second-order valence-corrected chi connectivity index (χ2v) is 8.13. The third-order valence-corrected chi connectivity index (χ3v) is 6.09. The number of carbonyl (C=O) groups excluding carboxylic acids is 2. The van der Waals surface area contributed by atoms with Crippen LogP contribution in [0.2, 0.25) is 0 Å². The molecule has 0 bridgehead atoms. The third kappa shape index (κ3) is 2.83. The number of fused-ring (bicyclic) bond motifs is 1. The quantitative estimate of drug-likeness (QED) is 0.679. The smallest absolute Gasteiger partial charge is 0.232 e. The van der Waals surface area contributed by atoms with Gasteiger partial charge in [-0.3, -0.25) is 14.5 Å². The highest BCUT2D eigenvalue weighted by Crippen LogP contribution is 2.45. The maximum Gasteiger partial charge on any atom is 0.232 e. The van der Waals surface area contributed by atoms with Gasteiger partial charge in [0.2, 0.25) is 12.7 Å². The van der Waals surface area contributed by atoms with Gasteiger partial charge in [-0.15, -0.1) is 0 Å². The minimum absolute atomic E-state index is 0.0124. The fraction of sp³-hybridized carbons (Fsp3) is 0.273. The molecule has 2 aliphatic heterocycles. The van der Waals surface area contributed by atoms with Crippen LogP contribution in [0.1, 0.15) is 37.2 Å². The lowest BCUT2D eigenvalue weighted by atomic mass is 9.77. The molecule has 3 aliphatic rings. The van der Waals surface area contributed by atoms with E-state index in [-0.39, 0.29) is 30.8 Å². The molecule has 0 N–H and O–H groups in total. The Morgan fingerprint density at radius 2 is 1.75 bits per heavy atom. The Labute approximate surface area is 171 Å². The van der Waals surface area contributed by atoms with E-state index in [9.17, 15) is 9.59 Å². The Kier molecular flexibility index (Phi) is 4.23. The number of benzene rings is 2. The highest BCUT2D eigenvalue weighted by atomic mass is 79.9. The van der Waals surface area contributed by atoms with Crippen LogP contribution in [-0.2, 0) is 9.59 Å².